The van der Waals surface area contributed by atoms with Crippen LogP contribution < -0.4 is 0 Å². The molecule has 0 fully saturated rings. The highest BCUT2D eigenvalue weighted by molar-refractivity contribution is 6.02. The van der Waals surface area contributed by atoms with E-state index in [2.05, 4.69) is 12.1 Å². The van der Waals surface area contributed by atoms with Crippen molar-refractivity contribution in [2.75, 3.05) is 0 Å². The summed E-state index contributed by atoms with van der Waals surface area (Å²) < 4.78 is 0. The summed E-state index contributed by atoms with van der Waals surface area (Å²) in [5, 5.41) is 22.1. The van der Waals surface area contributed by atoms with Crippen molar-refractivity contribution in [3.63, 3.8) is 0 Å². The maximum Gasteiger partial charge on any atom is 0.0998 e. The zero-order valence-corrected chi connectivity index (χ0v) is 9.51. The average molecular weight is 228 g/mol. The van der Waals surface area contributed by atoms with E-state index in [4.69, 9.17) is 10.5 Å². The van der Waals surface area contributed by atoms with E-state index >= 15 is 0 Å². The lowest BCUT2D eigenvalue weighted by Gasteiger charge is -2.04. The first kappa shape index (κ1) is 10.3. The molecule has 0 atom stereocenters. The molecule has 2 heteroatoms. The van der Waals surface area contributed by atoms with Crippen LogP contribution in [0.15, 0.2) is 48.5 Å². The van der Waals surface area contributed by atoms with Crippen molar-refractivity contribution in [1.29, 1.82) is 10.5 Å². The number of rotatable bonds is 0. The van der Waals surface area contributed by atoms with Gasteiger partial charge in [-0.3, -0.25) is 0 Å². The summed E-state index contributed by atoms with van der Waals surface area (Å²) in [6.45, 7) is 0. The third-order valence-electron chi connectivity index (χ3n) is 3.12. The third kappa shape index (κ3) is 1.41. The summed E-state index contributed by atoms with van der Waals surface area (Å²) >= 11 is 0. The van der Waals surface area contributed by atoms with Gasteiger partial charge in [0, 0.05) is 10.8 Å². The van der Waals surface area contributed by atoms with E-state index < -0.39 is 0 Å². The molecule has 18 heavy (non-hydrogen) atoms. The molecule has 82 valence electrons. The predicted octanol–water partition coefficient (Wildman–Crippen LogP) is 3.74. The molecule has 0 aliphatic rings. The molecule has 3 aromatic carbocycles. The molecule has 0 unspecified atom stereocenters. The van der Waals surface area contributed by atoms with Crippen LogP contribution in [-0.2, 0) is 0 Å². The fourth-order valence-corrected chi connectivity index (χ4v) is 2.25. The largest absolute Gasteiger partial charge is 0.192 e. The Morgan fingerprint density at radius 1 is 0.667 bits per heavy atom. The van der Waals surface area contributed by atoms with Crippen LogP contribution in [0.25, 0.3) is 21.5 Å². The van der Waals surface area contributed by atoms with Gasteiger partial charge in [-0.2, -0.15) is 10.5 Å². The monoisotopic (exact) mass is 228 g/mol. The van der Waals surface area contributed by atoms with Crippen LogP contribution in [0.1, 0.15) is 11.1 Å². The van der Waals surface area contributed by atoms with E-state index in [0.717, 1.165) is 21.5 Å². The van der Waals surface area contributed by atoms with Crippen molar-refractivity contribution in [2.24, 2.45) is 0 Å². The second-order valence-electron chi connectivity index (χ2n) is 4.13. The molecule has 0 saturated heterocycles. The lowest BCUT2D eigenvalue weighted by molar-refractivity contribution is 1.50. The van der Waals surface area contributed by atoms with Gasteiger partial charge in [0.1, 0.15) is 0 Å². The van der Waals surface area contributed by atoms with Gasteiger partial charge in [0.2, 0.25) is 0 Å². The third-order valence-corrected chi connectivity index (χ3v) is 3.12. The Morgan fingerprint density at radius 3 is 1.61 bits per heavy atom. The van der Waals surface area contributed by atoms with E-state index in [9.17, 15) is 0 Å². The second kappa shape index (κ2) is 3.87. The van der Waals surface area contributed by atoms with Crippen LogP contribution in [0, 0.1) is 22.7 Å². The topological polar surface area (TPSA) is 47.6 Å². The zero-order chi connectivity index (χ0) is 12.5. The van der Waals surface area contributed by atoms with Crippen LogP contribution in [0.5, 0.6) is 0 Å². The summed E-state index contributed by atoms with van der Waals surface area (Å²) in [5.41, 5.74) is 1.28. The Labute approximate surface area is 104 Å². The molecule has 0 N–H and O–H groups in total. The lowest BCUT2D eigenvalue weighted by Crippen LogP contribution is -1.83. The molecule has 0 saturated carbocycles. The van der Waals surface area contributed by atoms with Crippen molar-refractivity contribution >= 4 is 21.5 Å². The first-order valence-electron chi connectivity index (χ1n) is 5.59. The highest BCUT2D eigenvalue weighted by Crippen LogP contribution is 2.27. The highest BCUT2D eigenvalue weighted by atomic mass is 14.3. The van der Waals surface area contributed by atoms with Gasteiger partial charge in [0.05, 0.1) is 23.3 Å². The van der Waals surface area contributed by atoms with Gasteiger partial charge in [-0.25, -0.2) is 0 Å². The molecule has 0 spiro atoms. The summed E-state index contributed by atoms with van der Waals surface area (Å²) in [6.07, 6.45) is 0. The standard InChI is InChI=1S/C16H8N2/c17-9-13-5-1-3-11-7-12-4-2-6-14(10-18)16(12)8-15(11)13/h1-8H. The molecule has 0 bridgehead atoms. The Balaban J connectivity index is 2.54. The average Bonchev–Trinajstić information content (AvgIpc) is 2.43. The smallest absolute Gasteiger partial charge is 0.0998 e. The van der Waals surface area contributed by atoms with Crippen LogP contribution in [-0.4, -0.2) is 0 Å². The maximum atomic E-state index is 9.12. The molecule has 0 amide bonds. The molecule has 3 aromatic rings. The minimum absolute atomic E-state index is 0.641. The number of nitriles is 2. The van der Waals surface area contributed by atoms with Crippen molar-refractivity contribution in [2.45, 2.75) is 0 Å². The van der Waals surface area contributed by atoms with Crippen LogP contribution in [0.2, 0.25) is 0 Å². The molecule has 0 aliphatic heterocycles. The van der Waals surface area contributed by atoms with Gasteiger partial charge in [0.15, 0.2) is 0 Å². The van der Waals surface area contributed by atoms with E-state index in [1.54, 1.807) is 12.1 Å². The Hall–Kier alpha value is -2.84. The van der Waals surface area contributed by atoms with Crippen LogP contribution in [0.3, 0.4) is 0 Å². The van der Waals surface area contributed by atoms with Gasteiger partial charge in [0.25, 0.3) is 0 Å². The van der Waals surface area contributed by atoms with Gasteiger partial charge in [-0.15, -0.1) is 0 Å². The molecular weight excluding hydrogens is 220 g/mol. The SMILES string of the molecule is N#Cc1cccc2cc3cccc(C#N)c3cc12. The van der Waals surface area contributed by atoms with Crippen molar-refractivity contribution in [1.82, 2.24) is 0 Å². The minimum Gasteiger partial charge on any atom is -0.192 e. The van der Waals surface area contributed by atoms with Gasteiger partial charge >= 0.3 is 0 Å². The van der Waals surface area contributed by atoms with Crippen molar-refractivity contribution in [3.8, 4) is 12.1 Å². The fraction of sp³-hybridized carbons (Fsp3) is 0. The first-order chi connectivity index (χ1) is 8.83. The lowest BCUT2D eigenvalue weighted by atomic mass is 9.98. The van der Waals surface area contributed by atoms with E-state index in [1.807, 2.05) is 36.4 Å². The summed E-state index contributed by atoms with van der Waals surface area (Å²) in [6, 6.07) is 19.6. The molecule has 0 aliphatic carbocycles. The molecule has 0 radical (unpaired) electrons. The van der Waals surface area contributed by atoms with Gasteiger partial charge in [-0.05, 0) is 35.0 Å². The molecular formula is C16H8N2. The first-order valence-corrected chi connectivity index (χ1v) is 5.59. The number of hydrogen-bond donors (Lipinski definition) is 0. The zero-order valence-electron chi connectivity index (χ0n) is 9.51. The summed E-state index contributed by atoms with van der Waals surface area (Å²) in [7, 11) is 0. The van der Waals surface area contributed by atoms with Crippen molar-refractivity contribution < 1.29 is 0 Å². The number of nitrogens with zero attached hydrogens (tertiary/aromatic N) is 2. The molecule has 0 aromatic heterocycles. The summed E-state index contributed by atoms with van der Waals surface area (Å²) in [4.78, 5) is 0. The van der Waals surface area contributed by atoms with E-state index in [0.29, 0.717) is 11.1 Å². The predicted molar refractivity (Wildman–Crippen MR) is 70.9 cm³/mol. The minimum atomic E-state index is 0.641. The molecule has 2 nitrogen and oxygen atoms in total. The van der Waals surface area contributed by atoms with Gasteiger partial charge < -0.3 is 0 Å². The highest BCUT2D eigenvalue weighted by Gasteiger charge is 2.05. The van der Waals surface area contributed by atoms with E-state index in [-0.39, 0.29) is 0 Å². The van der Waals surface area contributed by atoms with Crippen LogP contribution >= 0.6 is 0 Å². The van der Waals surface area contributed by atoms with Gasteiger partial charge in [-0.1, -0.05) is 24.3 Å². The normalized spacial score (nSPS) is 10.1. The molecule has 3 rings (SSSR count). The maximum absolute atomic E-state index is 9.12. The fourth-order valence-electron chi connectivity index (χ4n) is 2.25. The van der Waals surface area contributed by atoms with Crippen LogP contribution in [0.4, 0.5) is 0 Å². The molecule has 0 heterocycles. The quantitative estimate of drug-likeness (QED) is 0.550. The Morgan fingerprint density at radius 2 is 1.17 bits per heavy atom. The second-order valence-corrected chi connectivity index (χ2v) is 4.13. The number of benzene rings is 3. The number of hydrogen-bond acceptors (Lipinski definition) is 2. The van der Waals surface area contributed by atoms with E-state index in [1.165, 1.54) is 0 Å². The Kier molecular flexibility index (Phi) is 2.22. The summed E-state index contributed by atoms with van der Waals surface area (Å²) in [5.74, 6) is 0. The number of fused-ring (bicyclic) bond motifs is 2. The van der Waals surface area contributed by atoms with Crippen molar-refractivity contribution in [3.05, 3.63) is 59.7 Å². The Bertz CT molecular complexity index is 779.